The van der Waals surface area contributed by atoms with E-state index in [2.05, 4.69) is 0 Å². The van der Waals surface area contributed by atoms with Gasteiger partial charge in [-0.3, -0.25) is 4.79 Å². The number of carboxylic acids is 1. The fraction of sp³-hybridized carbons (Fsp3) is 0.857. The number of hydrogen-bond acceptors (Lipinski definition) is 3. The molecule has 3 N–H and O–H groups in total. The number of rotatable bonds is 3. The molecular formula is C7H14N2O4S. The summed E-state index contributed by atoms with van der Waals surface area (Å²) in [4.78, 5) is 11.0. The Hall–Kier alpha value is -0.660. The molecule has 14 heavy (non-hydrogen) atoms. The van der Waals surface area contributed by atoms with Gasteiger partial charge in [-0.25, -0.2) is 5.14 Å². The van der Waals surface area contributed by atoms with Gasteiger partial charge in [-0.1, -0.05) is 6.92 Å². The molecule has 0 aromatic heterocycles. The van der Waals surface area contributed by atoms with Crippen molar-refractivity contribution in [3.8, 4) is 0 Å². The molecule has 0 amide bonds. The monoisotopic (exact) mass is 222 g/mol. The second-order valence-corrected chi connectivity index (χ2v) is 4.88. The summed E-state index contributed by atoms with van der Waals surface area (Å²) in [5.41, 5.74) is -1.33. The van der Waals surface area contributed by atoms with E-state index in [1.807, 2.05) is 0 Å². The Labute approximate surface area is 82.9 Å². The molecular weight excluding hydrogens is 208 g/mol. The fourth-order valence-electron chi connectivity index (χ4n) is 1.94. The molecule has 0 aromatic carbocycles. The third-order valence-corrected chi connectivity index (χ3v) is 3.87. The minimum Gasteiger partial charge on any atom is -0.480 e. The van der Waals surface area contributed by atoms with Gasteiger partial charge < -0.3 is 5.11 Å². The zero-order valence-corrected chi connectivity index (χ0v) is 8.75. The Morgan fingerprint density at radius 3 is 2.50 bits per heavy atom. The van der Waals surface area contributed by atoms with Gasteiger partial charge in [0.25, 0.3) is 10.2 Å². The average Bonchev–Trinajstić information content (AvgIpc) is 2.47. The molecule has 1 aliphatic heterocycles. The highest BCUT2D eigenvalue weighted by Gasteiger charge is 2.50. The largest absolute Gasteiger partial charge is 0.480 e. The van der Waals surface area contributed by atoms with Crippen LogP contribution in [0.1, 0.15) is 26.2 Å². The van der Waals surface area contributed by atoms with Gasteiger partial charge in [0.1, 0.15) is 5.54 Å². The predicted molar refractivity (Wildman–Crippen MR) is 49.7 cm³/mol. The third kappa shape index (κ3) is 1.62. The summed E-state index contributed by atoms with van der Waals surface area (Å²) in [6.07, 6.45) is 1.10. The van der Waals surface area contributed by atoms with E-state index in [1.54, 1.807) is 6.92 Å². The summed E-state index contributed by atoms with van der Waals surface area (Å²) >= 11 is 0. The summed E-state index contributed by atoms with van der Waals surface area (Å²) in [5.74, 6) is -1.12. The van der Waals surface area contributed by atoms with E-state index in [0.717, 1.165) is 4.31 Å². The molecule has 1 atom stereocenters. The van der Waals surface area contributed by atoms with Crippen LogP contribution in [-0.4, -0.2) is 35.9 Å². The molecule has 1 saturated heterocycles. The van der Waals surface area contributed by atoms with Gasteiger partial charge in [-0.15, -0.1) is 0 Å². The molecule has 7 heteroatoms. The van der Waals surface area contributed by atoms with Gasteiger partial charge >= 0.3 is 5.97 Å². The third-order valence-electron chi connectivity index (χ3n) is 2.72. The highest BCUT2D eigenvalue weighted by atomic mass is 32.2. The van der Waals surface area contributed by atoms with Crippen LogP contribution >= 0.6 is 0 Å². The highest BCUT2D eigenvalue weighted by molar-refractivity contribution is 7.86. The van der Waals surface area contributed by atoms with Crippen molar-refractivity contribution in [2.24, 2.45) is 5.14 Å². The van der Waals surface area contributed by atoms with Crippen molar-refractivity contribution in [1.29, 1.82) is 0 Å². The van der Waals surface area contributed by atoms with Crippen LogP contribution in [-0.2, 0) is 15.0 Å². The molecule has 0 spiro atoms. The van der Waals surface area contributed by atoms with E-state index in [-0.39, 0.29) is 13.0 Å². The summed E-state index contributed by atoms with van der Waals surface area (Å²) < 4.78 is 23.2. The van der Waals surface area contributed by atoms with Crippen molar-refractivity contribution in [3.05, 3.63) is 0 Å². The average molecular weight is 222 g/mol. The summed E-state index contributed by atoms with van der Waals surface area (Å²) in [5, 5.41) is 14.0. The quantitative estimate of drug-likeness (QED) is 0.673. The molecule has 1 aliphatic rings. The highest BCUT2D eigenvalue weighted by Crippen LogP contribution is 2.33. The first-order chi connectivity index (χ1) is 6.34. The van der Waals surface area contributed by atoms with Gasteiger partial charge in [0.15, 0.2) is 0 Å². The molecule has 1 heterocycles. The zero-order chi connectivity index (χ0) is 11.0. The summed E-state index contributed by atoms with van der Waals surface area (Å²) in [6.45, 7) is 1.84. The van der Waals surface area contributed by atoms with E-state index in [9.17, 15) is 13.2 Å². The number of nitrogens with zero attached hydrogens (tertiary/aromatic N) is 1. The number of nitrogens with two attached hydrogens (primary N) is 1. The molecule has 0 bridgehead atoms. The predicted octanol–water partition coefficient (Wildman–Crippen LogP) is -0.481. The van der Waals surface area contributed by atoms with E-state index < -0.39 is 21.7 Å². The van der Waals surface area contributed by atoms with Crippen LogP contribution in [0.2, 0.25) is 0 Å². The van der Waals surface area contributed by atoms with E-state index in [4.69, 9.17) is 10.2 Å². The van der Waals surface area contributed by atoms with E-state index in [0.29, 0.717) is 12.8 Å². The maximum atomic E-state index is 11.2. The number of hydrogen-bond donors (Lipinski definition) is 2. The lowest BCUT2D eigenvalue weighted by Crippen LogP contribution is -2.54. The Morgan fingerprint density at radius 1 is 1.64 bits per heavy atom. The summed E-state index contributed by atoms with van der Waals surface area (Å²) in [7, 11) is -3.91. The molecule has 0 radical (unpaired) electrons. The first kappa shape index (κ1) is 11.4. The van der Waals surface area contributed by atoms with Crippen LogP contribution in [0.25, 0.3) is 0 Å². The molecule has 1 unspecified atom stereocenters. The number of aliphatic carboxylic acids is 1. The van der Waals surface area contributed by atoms with Crippen molar-refractivity contribution in [1.82, 2.24) is 4.31 Å². The lowest BCUT2D eigenvalue weighted by atomic mass is 9.95. The summed E-state index contributed by atoms with van der Waals surface area (Å²) in [6, 6.07) is 0. The number of carboxylic acid groups (broad SMARTS) is 1. The topological polar surface area (TPSA) is 101 Å². The van der Waals surface area contributed by atoms with Crippen LogP contribution < -0.4 is 5.14 Å². The second kappa shape index (κ2) is 3.48. The number of carbonyl (C=O) groups is 1. The minimum atomic E-state index is -3.91. The smallest absolute Gasteiger partial charge is 0.325 e. The Bertz CT molecular complexity index is 340. The molecule has 1 fully saturated rings. The van der Waals surface area contributed by atoms with Crippen LogP contribution in [0.15, 0.2) is 0 Å². The van der Waals surface area contributed by atoms with E-state index in [1.165, 1.54) is 0 Å². The van der Waals surface area contributed by atoms with Crippen LogP contribution in [0.4, 0.5) is 0 Å². The van der Waals surface area contributed by atoms with Gasteiger partial charge in [0, 0.05) is 6.54 Å². The van der Waals surface area contributed by atoms with Gasteiger partial charge in [-0.05, 0) is 19.3 Å². The molecule has 0 aromatic rings. The molecule has 82 valence electrons. The fourth-order valence-corrected chi connectivity index (χ4v) is 3.11. The maximum absolute atomic E-state index is 11.2. The molecule has 0 saturated carbocycles. The molecule has 6 nitrogen and oxygen atoms in total. The Kier molecular flexibility index (Phi) is 2.84. The van der Waals surface area contributed by atoms with Crippen molar-refractivity contribution in [3.63, 3.8) is 0 Å². The lowest BCUT2D eigenvalue weighted by molar-refractivity contribution is -0.147. The zero-order valence-electron chi connectivity index (χ0n) is 7.93. The van der Waals surface area contributed by atoms with Crippen LogP contribution in [0.3, 0.4) is 0 Å². The molecule has 0 aliphatic carbocycles. The standard InChI is InChI=1S/C7H14N2O4S/c1-2-7(6(10)11)4-3-5-9(7)14(8,12)13/h2-5H2,1H3,(H,10,11)(H2,8,12,13). The second-order valence-electron chi connectivity index (χ2n) is 3.41. The van der Waals surface area contributed by atoms with Crippen LogP contribution in [0.5, 0.6) is 0 Å². The van der Waals surface area contributed by atoms with Crippen molar-refractivity contribution in [2.75, 3.05) is 6.54 Å². The van der Waals surface area contributed by atoms with Gasteiger partial charge in [0.05, 0.1) is 0 Å². The molecule has 1 rings (SSSR count). The first-order valence-electron chi connectivity index (χ1n) is 4.38. The van der Waals surface area contributed by atoms with Gasteiger partial charge in [0.2, 0.25) is 0 Å². The Morgan fingerprint density at radius 2 is 2.21 bits per heavy atom. The van der Waals surface area contributed by atoms with Crippen molar-refractivity contribution < 1.29 is 18.3 Å². The van der Waals surface area contributed by atoms with Crippen molar-refractivity contribution >= 4 is 16.2 Å². The van der Waals surface area contributed by atoms with Crippen LogP contribution in [0, 0.1) is 0 Å². The van der Waals surface area contributed by atoms with E-state index >= 15 is 0 Å². The van der Waals surface area contributed by atoms with Crippen molar-refractivity contribution in [2.45, 2.75) is 31.7 Å². The normalized spacial score (nSPS) is 29.3. The lowest BCUT2D eigenvalue weighted by Gasteiger charge is -2.31. The maximum Gasteiger partial charge on any atom is 0.325 e. The van der Waals surface area contributed by atoms with Gasteiger partial charge in [-0.2, -0.15) is 12.7 Å². The first-order valence-corrected chi connectivity index (χ1v) is 5.89. The SMILES string of the molecule is CCC1(C(=O)O)CCCN1S(N)(=O)=O. The minimum absolute atomic E-state index is 0.193. The Balaban J connectivity index is 3.14.